The Morgan fingerprint density at radius 3 is 2.74 bits per heavy atom. The summed E-state index contributed by atoms with van der Waals surface area (Å²) in [5.41, 5.74) is 1.37. The van der Waals surface area contributed by atoms with Crippen LogP contribution < -0.4 is 0 Å². The standard InChI is InChI=1S/C15H20BrNO2/c16-13-8-6-12(7-9-13)14-4-3-11-17(14)10-2-1-5-15(18)19/h6-9,14H,1-5,10-11H2,(H,18,19). The van der Waals surface area contributed by atoms with Gasteiger partial charge in [-0.3, -0.25) is 9.69 Å². The number of carboxylic acids is 1. The summed E-state index contributed by atoms with van der Waals surface area (Å²) in [6, 6.07) is 9.07. The fourth-order valence-corrected chi connectivity index (χ4v) is 3.01. The fraction of sp³-hybridized carbons (Fsp3) is 0.533. The molecule has 1 atom stereocenters. The van der Waals surface area contributed by atoms with E-state index in [1.165, 1.54) is 18.4 Å². The van der Waals surface area contributed by atoms with E-state index in [0.29, 0.717) is 6.04 Å². The van der Waals surface area contributed by atoms with E-state index in [1.54, 1.807) is 0 Å². The van der Waals surface area contributed by atoms with Crippen LogP contribution in [0.2, 0.25) is 0 Å². The Hall–Kier alpha value is -0.870. The number of benzene rings is 1. The quantitative estimate of drug-likeness (QED) is 0.808. The zero-order valence-electron chi connectivity index (χ0n) is 11.0. The Bertz CT molecular complexity index is 419. The highest BCUT2D eigenvalue weighted by Crippen LogP contribution is 2.32. The van der Waals surface area contributed by atoms with Gasteiger partial charge in [-0.15, -0.1) is 0 Å². The van der Waals surface area contributed by atoms with E-state index >= 15 is 0 Å². The van der Waals surface area contributed by atoms with E-state index in [0.717, 1.165) is 30.4 Å². The number of rotatable bonds is 6. The van der Waals surface area contributed by atoms with E-state index in [2.05, 4.69) is 45.1 Å². The molecule has 0 aromatic heterocycles. The summed E-state index contributed by atoms with van der Waals surface area (Å²) >= 11 is 3.46. The van der Waals surface area contributed by atoms with Crippen LogP contribution in [-0.2, 0) is 4.79 Å². The first-order chi connectivity index (χ1) is 9.16. The van der Waals surface area contributed by atoms with E-state index < -0.39 is 5.97 Å². The van der Waals surface area contributed by atoms with E-state index in [4.69, 9.17) is 5.11 Å². The molecule has 0 radical (unpaired) electrons. The summed E-state index contributed by atoms with van der Waals surface area (Å²) in [5, 5.41) is 8.64. The minimum atomic E-state index is -0.689. The lowest BCUT2D eigenvalue weighted by Crippen LogP contribution is -2.24. The third kappa shape index (κ3) is 4.32. The van der Waals surface area contributed by atoms with Gasteiger partial charge in [-0.1, -0.05) is 28.1 Å². The van der Waals surface area contributed by atoms with Crippen molar-refractivity contribution < 1.29 is 9.90 Å². The molecular formula is C15H20BrNO2. The molecule has 104 valence electrons. The Morgan fingerprint density at radius 2 is 2.05 bits per heavy atom. The minimum Gasteiger partial charge on any atom is -0.481 e. The highest BCUT2D eigenvalue weighted by atomic mass is 79.9. The predicted octanol–water partition coefficient (Wildman–Crippen LogP) is 3.84. The van der Waals surface area contributed by atoms with Crippen LogP contribution in [0, 0.1) is 0 Å². The third-order valence-electron chi connectivity index (χ3n) is 3.70. The highest BCUT2D eigenvalue weighted by Gasteiger charge is 2.25. The second-order valence-corrected chi connectivity index (χ2v) is 6.01. The number of hydrogen-bond acceptors (Lipinski definition) is 2. The molecular weight excluding hydrogens is 306 g/mol. The molecule has 1 aromatic carbocycles. The van der Waals surface area contributed by atoms with Crippen LogP contribution >= 0.6 is 15.9 Å². The van der Waals surface area contributed by atoms with Crippen LogP contribution in [0.15, 0.2) is 28.7 Å². The number of carbonyl (C=O) groups is 1. The topological polar surface area (TPSA) is 40.5 Å². The van der Waals surface area contributed by atoms with Gasteiger partial charge in [0.1, 0.15) is 0 Å². The van der Waals surface area contributed by atoms with Crippen molar-refractivity contribution in [1.29, 1.82) is 0 Å². The Morgan fingerprint density at radius 1 is 1.32 bits per heavy atom. The van der Waals surface area contributed by atoms with Crippen molar-refractivity contribution in [1.82, 2.24) is 4.90 Å². The van der Waals surface area contributed by atoms with Gasteiger partial charge >= 0.3 is 5.97 Å². The summed E-state index contributed by atoms with van der Waals surface area (Å²) in [6.07, 6.45) is 4.48. The second kappa shape index (κ2) is 7.06. The molecule has 0 aliphatic carbocycles. The first-order valence-corrected chi connectivity index (χ1v) is 7.67. The molecule has 1 saturated heterocycles. The molecule has 3 nitrogen and oxygen atoms in total. The predicted molar refractivity (Wildman–Crippen MR) is 79.2 cm³/mol. The number of nitrogens with zero attached hydrogens (tertiary/aromatic N) is 1. The van der Waals surface area contributed by atoms with Gasteiger partial charge in [0.05, 0.1) is 0 Å². The monoisotopic (exact) mass is 325 g/mol. The number of carboxylic acid groups (broad SMARTS) is 1. The van der Waals surface area contributed by atoms with Crippen LogP contribution in [0.5, 0.6) is 0 Å². The summed E-state index contributed by atoms with van der Waals surface area (Å²) in [6.45, 7) is 2.14. The molecule has 1 unspecified atom stereocenters. The smallest absolute Gasteiger partial charge is 0.303 e. The lowest BCUT2D eigenvalue weighted by molar-refractivity contribution is -0.137. The fourth-order valence-electron chi connectivity index (χ4n) is 2.75. The Labute approximate surface area is 122 Å². The van der Waals surface area contributed by atoms with E-state index in [9.17, 15) is 4.79 Å². The van der Waals surface area contributed by atoms with Crippen molar-refractivity contribution in [2.75, 3.05) is 13.1 Å². The van der Waals surface area contributed by atoms with Crippen molar-refractivity contribution in [2.45, 2.75) is 38.1 Å². The minimum absolute atomic E-state index is 0.288. The maximum Gasteiger partial charge on any atom is 0.303 e. The number of aliphatic carboxylic acids is 1. The summed E-state index contributed by atoms with van der Waals surface area (Å²) in [5.74, 6) is -0.689. The molecule has 0 spiro atoms. The summed E-state index contributed by atoms with van der Waals surface area (Å²) in [4.78, 5) is 13.0. The maximum absolute atomic E-state index is 10.5. The number of likely N-dealkylation sites (tertiary alicyclic amines) is 1. The zero-order valence-corrected chi connectivity index (χ0v) is 12.6. The third-order valence-corrected chi connectivity index (χ3v) is 4.23. The molecule has 1 fully saturated rings. The molecule has 1 N–H and O–H groups in total. The largest absolute Gasteiger partial charge is 0.481 e. The molecule has 1 aromatic rings. The van der Waals surface area contributed by atoms with Gasteiger partial charge in [0.15, 0.2) is 0 Å². The zero-order chi connectivity index (χ0) is 13.7. The number of halogens is 1. The molecule has 1 heterocycles. The van der Waals surface area contributed by atoms with Crippen LogP contribution in [-0.4, -0.2) is 29.1 Å². The SMILES string of the molecule is O=C(O)CCCCN1CCCC1c1ccc(Br)cc1. The number of hydrogen-bond donors (Lipinski definition) is 1. The number of unbranched alkanes of at least 4 members (excludes halogenated alkanes) is 1. The van der Waals surface area contributed by atoms with Crippen molar-refractivity contribution in [3.8, 4) is 0 Å². The summed E-state index contributed by atoms with van der Waals surface area (Å²) in [7, 11) is 0. The molecule has 2 rings (SSSR count). The average molecular weight is 326 g/mol. The van der Waals surface area contributed by atoms with Gasteiger partial charge in [-0.2, -0.15) is 0 Å². The molecule has 0 saturated carbocycles. The van der Waals surface area contributed by atoms with Crippen LogP contribution in [0.25, 0.3) is 0 Å². The Kier molecular flexibility index (Phi) is 5.40. The first-order valence-electron chi connectivity index (χ1n) is 6.88. The van der Waals surface area contributed by atoms with Gasteiger partial charge in [0.25, 0.3) is 0 Å². The first kappa shape index (κ1) is 14.5. The highest BCUT2D eigenvalue weighted by molar-refractivity contribution is 9.10. The van der Waals surface area contributed by atoms with Crippen molar-refractivity contribution in [3.05, 3.63) is 34.3 Å². The normalized spacial score (nSPS) is 19.7. The van der Waals surface area contributed by atoms with Gasteiger partial charge in [-0.05, 0) is 56.5 Å². The molecule has 19 heavy (non-hydrogen) atoms. The van der Waals surface area contributed by atoms with Crippen LogP contribution in [0.4, 0.5) is 0 Å². The lowest BCUT2D eigenvalue weighted by Gasteiger charge is -2.24. The second-order valence-electron chi connectivity index (χ2n) is 5.10. The van der Waals surface area contributed by atoms with Crippen LogP contribution in [0.1, 0.15) is 43.7 Å². The molecule has 0 amide bonds. The van der Waals surface area contributed by atoms with Gasteiger partial charge in [0, 0.05) is 16.9 Å². The van der Waals surface area contributed by atoms with Crippen molar-refractivity contribution in [2.24, 2.45) is 0 Å². The van der Waals surface area contributed by atoms with E-state index in [-0.39, 0.29) is 6.42 Å². The molecule has 0 bridgehead atoms. The maximum atomic E-state index is 10.5. The summed E-state index contributed by atoms with van der Waals surface area (Å²) < 4.78 is 1.11. The van der Waals surface area contributed by atoms with E-state index in [1.807, 2.05) is 0 Å². The molecule has 4 heteroatoms. The van der Waals surface area contributed by atoms with Crippen LogP contribution in [0.3, 0.4) is 0 Å². The van der Waals surface area contributed by atoms with Crippen molar-refractivity contribution >= 4 is 21.9 Å². The lowest BCUT2D eigenvalue weighted by atomic mass is 10.0. The van der Waals surface area contributed by atoms with Gasteiger partial charge < -0.3 is 5.11 Å². The molecule has 1 aliphatic rings. The Balaban J connectivity index is 1.86. The van der Waals surface area contributed by atoms with Crippen molar-refractivity contribution in [3.63, 3.8) is 0 Å². The molecule has 1 aliphatic heterocycles. The average Bonchev–Trinajstić information content (AvgIpc) is 2.84. The van der Waals surface area contributed by atoms with Gasteiger partial charge in [-0.25, -0.2) is 0 Å². The van der Waals surface area contributed by atoms with Gasteiger partial charge in [0.2, 0.25) is 0 Å².